The zero-order valence-electron chi connectivity index (χ0n) is 21.3. The van der Waals surface area contributed by atoms with Crippen LogP contribution >= 0.6 is 0 Å². The molecule has 0 amide bonds. The van der Waals surface area contributed by atoms with Gasteiger partial charge in [0.25, 0.3) is 0 Å². The molecule has 1 N–H and O–H groups in total. The smallest absolute Gasteiger partial charge is 0.230 e. The highest BCUT2D eigenvalue weighted by Gasteiger charge is 2.27. The molecule has 1 fully saturated rings. The number of tetrazole rings is 1. The molecule has 0 bridgehead atoms. The largest absolute Gasteiger partial charge is 0.497 e. The van der Waals surface area contributed by atoms with Crippen LogP contribution in [0.3, 0.4) is 0 Å². The normalized spacial score (nSPS) is 17.6. The Morgan fingerprint density at radius 2 is 1.87 bits per heavy atom. The van der Waals surface area contributed by atoms with E-state index in [1.165, 1.54) is 0 Å². The summed E-state index contributed by atoms with van der Waals surface area (Å²) >= 11 is 0. The molecule has 2 atom stereocenters. The lowest BCUT2D eigenvalue weighted by molar-refractivity contribution is 0.0141. The van der Waals surface area contributed by atoms with Gasteiger partial charge in [0.05, 0.1) is 30.9 Å². The number of nitrogens with one attached hydrogen (secondary N) is 1. The Labute approximate surface area is 220 Å². The zero-order valence-corrected chi connectivity index (χ0v) is 21.3. The molecule has 0 radical (unpaired) electrons. The van der Waals surface area contributed by atoms with E-state index in [0.717, 1.165) is 71.4 Å². The molecule has 9 heteroatoms. The van der Waals surface area contributed by atoms with Crippen molar-refractivity contribution < 1.29 is 13.9 Å². The molecule has 0 spiro atoms. The minimum Gasteiger partial charge on any atom is -0.497 e. The van der Waals surface area contributed by atoms with E-state index in [1.54, 1.807) is 13.4 Å². The Balaban J connectivity index is 1.30. The fraction of sp³-hybridized carbons (Fsp3) is 0.345. The van der Waals surface area contributed by atoms with E-state index in [4.69, 9.17) is 18.9 Å². The maximum atomic E-state index is 6.41. The van der Waals surface area contributed by atoms with Crippen LogP contribution in [0.15, 0.2) is 65.3 Å². The first-order chi connectivity index (χ1) is 18.8. The molecule has 0 aliphatic heterocycles. The molecule has 1 aliphatic carbocycles. The van der Waals surface area contributed by atoms with Crippen molar-refractivity contribution in [2.24, 2.45) is 5.92 Å². The van der Waals surface area contributed by atoms with Crippen LogP contribution in [-0.2, 0) is 17.6 Å². The first kappa shape index (κ1) is 24.2. The Kier molecular flexibility index (Phi) is 7.08. The molecule has 9 nitrogen and oxygen atoms in total. The van der Waals surface area contributed by atoms with Crippen LogP contribution < -0.4 is 4.74 Å². The maximum absolute atomic E-state index is 6.41. The van der Waals surface area contributed by atoms with Gasteiger partial charge in [-0.1, -0.05) is 54.1 Å². The van der Waals surface area contributed by atoms with Crippen LogP contribution in [0.1, 0.15) is 37.2 Å². The van der Waals surface area contributed by atoms with Crippen molar-refractivity contribution in [1.82, 2.24) is 30.6 Å². The molecule has 3 aromatic heterocycles. The minimum absolute atomic E-state index is 0.225. The maximum Gasteiger partial charge on any atom is 0.230 e. The van der Waals surface area contributed by atoms with Crippen molar-refractivity contribution in [3.05, 3.63) is 72.4 Å². The van der Waals surface area contributed by atoms with Crippen molar-refractivity contribution in [2.45, 2.75) is 44.6 Å². The summed E-state index contributed by atoms with van der Waals surface area (Å²) in [5.74, 6) is 2.77. The molecular weight excluding hydrogens is 480 g/mol. The van der Waals surface area contributed by atoms with Gasteiger partial charge in [-0.15, -0.1) is 10.2 Å². The standard InChI is InChI=1S/C29H30N6O3/c1-36-22-12-10-20(11-13-22)26-27-24(30-18-31-29(27)38-28(26)21-7-3-2-4-8-21)17-19-6-5-9-23(16-19)37-15-14-25-32-34-35-33-25/h2-4,7-8,10-13,18-19,23H,5-6,9,14-17H2,1H3,(H,32,33,34,35)/t19-,23?/m0/s1. The summed E-state index contributed by atoms with van der Waals surface area (Å²) in [4.78, 5) is 9.32. The third-order valence-corrected chi connectivity index (χ3v) is 7.27. The number of ether oxygens (including phenoxy) is 2. The molecule has 6 rings (SSSR count). The molecule has 0 saturated heterocycles. The molecule has 38 heavy (non-hydrogen) atoms. The second-order valence-corrected chi connectivity index (χ2v) is 9.71. The van der Waals surface area contributed by atoms with Gasteiger partial charge in [-0.3, -0.25) is 0 Å². The van der Waals surface area contributed by atoms with E-state index in [-0.39, 0.29) is 6.10 Å². The molecule has 5 aromatic rings. The number of hydrogen-bond donors (Lipinski definition) is 1. The predicted octanol–water partition coefficient (Wildman–Crippen LogP) is 5.44. The van der Waals surface area contributed by atoms with E-state index in [9.17, 15) is 0 Å². The van der Waals surface area contributed by atoms with E-state index >= 15 is 0 Å². The second kappa shape index (κ2) is 11.1. The van der Waals surface area contributed by atoms with Crippen molar-refractivity contribution in [1.29, 1.82) is 0 Å². The SMILES string of the molecule is COc1ccc(-c2c(-c3ccccc3)oc3ncnc(C[C@H]4CCCC(OCCc5nn[nH]n5)C4)c23)cc1. The summed E-state index contributed by atoms with van der Waals surface area (Å²) in [5.41, 5.74) is 4.71. The number of fused-ring (bicyclic) bond motifs is 1. The fourth-order valence-electron chi connectivity index (χ4n) is 5.43. The number of hydrogen-bond acceptors (Lipinski definition) is 8. The van der Waals surface area contributed by atoms with Gasteiger partial charge < -0.3 is 13.9 Å². The molecule has 194 valence electrons. The van der Waals surface area contributed by atoms with Gasteiger partial charge in [-0.25, -0.2) is 9.97 Å². The third kappa shape index (κ3) is 5.15. The highest BCUT2D eigenvalue weighted by atomic mass is 16.5. The van der Waals surface area contributed by atoms with Crippen LogP contribution in [-0.4, -0.2) is 50.4 Å². The predicted molar refractivity (Wildman–Crippen MR) is 143 cm³/mol. The lowest BCUT2D eigenvalue weighted by Crippen LogP contribution is -2.25. The number of rotatable bonds is 9. The lowest BCUT2D eigenvalue weighted by atomic mass is 9.83. The number of furan rings is 1. The Morgan fingerprint density at radius 1 is 1.00 bits per heavy atom. The summed E-state index contributed by atoms with van der Waals surface area (Å²) < 4.78 is 18.0. The van der Waals surface area contributed by atoms with Crippen LogP contribution in [0, 0.1) is 5.92 Å². The molecule has 1 saturated carbocycles. The Hall–Kier alpha value is -4.11. The number of benzene rings is 2. The van der Waals surface area contributed by atoms with Crippen molar-refractivity contribution in [2.75, 3.05) is 13.7 Å². The minimum atomic E-state index is 0.225. The summed E-state index contributed by atoms with van der Waals surface area (Å²) in [6, 6.07) is 18.3. The molecule has 3 heterocycles. The summed E-state index contributed by atoms with van der Waals surface area (Å²) in [6.07, 6.45) is 7.71. The van der Waals surface area contributed by atoms with Gasteiger partial charge in [0, 0.05) is 17.5 Å². The molecule has 2 aromatic carbocycles. The van der Waals surface area contributed by atoms with E-state index < -0.39 is 0 Å². The Bertz CT molecular complexity index is 1470. The molecular formula is C29H30N6O3. The van der Waals surface area contributed by atoms with Gasteiger partial charge in [-0.05, 0) is 49.3 Å². The summed E-state index contributed by atoms with van der Waals surface area (Å²) in [6.45, 7) is 0.596. The summed E-state index contributed by atoms with van der Waals surface area (Å²) in [7, 11) is 1.68. The number of H-pyrrole nitrogens is 1. The monoisotopic (exact) mass is 510 g/mol. The van der Waals surface area contributed by atoms with Crippen LogP contribution in [0.25, 0.3) is 33.6 Å². The Morgan fingerprint density at radius 3 is 2.66 bits per heavy atom. The topological polar surface area (TPSA) is 112 Å². The highest BCUT2D eigenvalue weighted by molar-refractivity contribution is 6.01. The fourth-order valence-corrected chi connectivity index (χ4v) is 5.43. The van der Waals surface area contributed by atoms with Gasteiger partial charge in [-0.2, -0.15) is 5.21 Å². The van der Waals surface area contributed by atoms with Gasteiger partial charge in [0.2, 0.25) is 5.71 Å². The van der Waals surface area contributed by atoms with E-state index in [1.807, 2.05) is 30.3 Å². The average molecular weight is 511 g/mol. The molecule has 1 unspecified atom stereocenters. The average Bonchev–Trinajstić information content (AvgIpc) is 3.63. The van der Waals surface area contributed by atoms with Gasteiger partial charge in [0.15, 0.2) is 5.82 Å². The third-order valence-electron chi connectivity index (χ3n) is 7.27. The quantitative estimate of drug-likeness (QED) is 0.279. The lowest BCUT2D eigenvalue weighted by Gasteiger charge is -2.29. The van der Waals surface area contributed by atoms with Crippen molar-refractivity contribution in [3.63, 3.8) is 0 Å². The second-order valence-electron chi connectivity index (χ2n) is 9.71. The van der Waals surface area contributed by atoms with Crippen molar-refractivity contribution in [3.8, 4) is 28.2 Å². The van der Waals surface area contributed by atoms with Gasteiger partial charge in [0.1, 0.15) is 17.8 Å². The van der Waals surface area contributed by atoms with E-state index in [0.29, 0.717) is 30.5 Å². The number of aromatic amines is 1. The van der Waals surface area contributed by atoms with Crippen LogP contribution in [0.4, 0.5) is 0 Å². The number of nitrogens with zero attached hydrogens (tertiary/aromatic N) is 5. The number of methoxy groups -OCH3 is 1. The van der Waals surface area contributed by atoms with Crippen LogP contribution in [0.2, 0.25) is 0 Å². The first-order valence-corrected chi connectivity index (χ1v) is 13.1. The highest BCUT2D eigenvalue weighted by Crippen LogP contribution is 2.42. The summed E-state index contributed by atoms with van der Waals surface area (Å²) in [5, 5.41) is 15.1. The first-order valence-electron chi connectivity index (χ1n) is 13.1. The molecule has 1 aliphatic rings. The van der Waals surface area contributed by atoms with Crippen molar-refractivity contribution >= 4 is 11.1 Å². The van der Waals surface area contributed by atoms with E-state index in [2.05, 4.69) is 49.9 Å². The van der Waals surface area contributed by atoms with Gasteiger partial charge >= 0.3 is 0 Å². The number of aromatic nitrogens is 6. The zero-order chi connectivity index (χ0) is 25.7. The van der Waals surface area contributed by atoms with Crippen LogP contribution in [0.5, 0.6) is 5.75 Å².